The first-order valence-corrected chi connectivity index (χ1v) is 7.94. The summed E-state index contributed by atoms with van der Waals surface area (Å²) >= 11 is 3.30. The largest absolute Gasteiger partial charge is 0.414 e. The zero-order chi connectivity index (χ0) is 8.04. The highest BCUT2D eigenvalue weighted by molar-refractivity contribution is 9.09. The van der Waals surface area contributed by atoms with Crippen molar-refractivity contribution in [1.82, 2.24) is 0 Å². The van der Waals surface area contributed by atoms with Gasteiger partial charge in [-0.15, -0.1) is 0 Å². The van der Waals surface area contributed by atoms with Crippen LogP contribution in [0.3, 0.4) is 0 Å². The van der Waals surface area contributed by atoms with Crippen LogP contribution in [0.15, 0.2) is 12.2 Å². The molecule has 0 aromatic rings. The Kier molecular flexibility index (Phi) is 5.30. The third-order valence-electron chi connectivity index (χ3n) is 0.868. The first kappa shape index (κ1) is 10.4. The summed E-state index contributed by atoms with van der Waals surface area (Å²) in [6.07, 6.45) is 4.10. The van der Waals surface area contributed by atoms with Crippen LogP contribution in [0.1, 0.15) is 0 Å². The van der Waals surface area contributed by atoms with Crippen LogP contribution in [0.25, 0.3) is 0 Å². The van der Waals surface area contributed by atoms with E-state index in [2.05, 4.69) is 41.6 Å². The monoisotopic (exact) mass is 222 g/mol. The molecule has 0 aliphatic carbocycles. The lowest BCUT2D eigenvalue weighted by Crippen LogP contribution is -2.25. The first-order chi connectivity index (χ1) is 4.56. The molecule has 0 aliphatic rings. The number of halogens is 1. The molecule has 10 heavy (non-hydrogen) atoms. The second kappa shape index (κ2) is 5.10. The lowest BCUT2D eigenvalue weighted by Gasteiger charge is -2.14. The van der Waals surface area contributed by atoms with Crippen LogP contribution in [0.5, 0.6) is 0 Å². The molecule has 0 bridgehead atoms. The molecule has 0 unspecified atom stereocenters. The summed E-state index contributed by atoms with van der Waals surface area (Å²) in [6, 6.07) is 0. The van der Waals surface area contributed by atoms with E-state index in [0.717, 1.165) is 11.9 Å². The van der Waals surface area contributed by atoms with E-state index in [1.165, 1.54) is 0 Å². The van der Waals surface area contributed by atoms with Crippen molar-refractivity contribution in [2.24, 2.45) is 0 Å². The Morgan fingerprint density at radius 3 is 2.30 bits per heavy atom. The second-order valence-electron chi connectivity index (χ2n) is 3.05. The Labute approximate surface area is 72.7 Å². The fourth-order valence-corrected chi connectivity index (χ4v) is 1.29. The third kappa shape index (κ3) is 8.40. The highest BCUT2D eigenvalue weighted by Crippen LogP contribution is 2.01. The number of allylic oxidation sites excluding steroid dienone is 1. The topological polar surface area (TPSA) is 9.23 Å². The lowest BCUT2D eigenvalue weighted by molar-refractivity contribution is 0.357. The minimum Gasteiger partial charge on any atom is -0.414 e. The molecule has 0 N–H and O–H groups in total. The van der Waals surface area contributed by atoms with E-state index < -0.39 is 8.32 Å². The Balaban J connectivity index is 3.28. The minimum absolute atomic E-state index is 0.765. The molecule has 0 aromatic carbocycles. The van der Waals surface area contributed by atoms with Gasteiger partial charge in [0.25, 0.3) is 0 Å². The molecule has 0 heterocycles. The van der Waals surface area contributed by atoms with Crippen molar-refractivity contribution >= 4 is 24.2 Å². The molecule has 3 heteroatoms. The summed E-state index contributed by atoms with van der Waals surface area (Å²) in [5, 5.41) is 0.919. The molecule has 1 nitrogen and oxygen atoms in total. The van der Waals surface area contributed by atoms with Gasteiger partial charge in [-0.3, -0.25) is 0 Å². The van der Waals surface area contributed by atoms with E-state index in [1.54, 1.807) is 0 Å². The highest BCUT2D eigenvalue weighted by atomic mass is 79.9. The van der Waals surface area contributed by atoms with Gasteiger partial charge in [0.15, 0.2) is 8.32 Å². The van der Waals surface area contributed by atoms with Gasteiger partial charge < -0.3 is 4.43 Å². The Hall–Kier alpha value is 0.397. The van der Waals surface area contributed by atoms with Crippen molar-refractivity contribution < 1.29 is 4.43 Å². The molecule has 0 spiro atoms. The Morgan fingerprint density at radius 1 is 1.30 bits per heavy atom. The summed E-state index contributed by atoms with van der Waals surface area (Å²) in [7, 11) is -1.27. The smallest absolute Gasteiger partial charge is 0.184 e. The van der Waals surface area contributed by atoms with Gasteiger partial charge in [0, 0.05) is 5.33 Å². The summed E-state index contributed by atoms with van der Waals surface area (Å²) in [6.45, 7) is 7.33. The molecular weight excluding hydrogens is 208 g/mol. The predicted molar refractivity (Wildman–Crippen MR) is 52.2 cm³/mol. The molecule has 60 valence electrons. The summed E-state index contributed by atoms with van der Waals surface area (Å²) in [5.41, 5.74) is 0. The van der Waals surface area contributed by atoms with Crippen LogP contribution in [0.4, 0.5) is 0 Å². The molecule has 0 radical (unpaired) electrons. The number of hydrogen-bond acceptors (Lipinski definition) is 1. The zero-order valence-corrected chi connectivity index (χ0v) is 9.44. The highest BCUT2D eigenvalue weighted by Gasteiger charge is 2.11. The molecule has 0 saturated heterocycles. The Morgan fingerprint density at radius 2 is 1.90 bits per heavy atom. The molecule has 0 saturated carbocycles. The zero-order valence-electron chi connectivity index (χ0n) is 6.86. The normalized spacial score (nSPS) is 12.8. The summed E-state index contributed by atoms with van der Waals surface area (Å²) in [5.74, 6) is 0. The van der Waals surface area contributed by atoms with Crippen molar-refractivity contribution in [3.05, 3.63) is 12.2 Å². The van der Waals surface area contributed by atoms with Gasteiger partial charge in [0.1, 0.15) is 0 Å². The first-order valence-electron chi connectivity index (χ1n) is 3.41. The standard InChI is InChI=1S/C7H15BrOSi/c1-10(2,3)9-7-5-4-6-8/h4-5H,6-7H2,1-3H3. The molecule has 0 aliphatic heterocycles. The van der Waals surface area contributed by atoms with Crippen LogP contribution in [-0.4, -0.2) is 20.3 Å². The second-order valence-corrected chi connectivity index (χ2v) is 8.21. The maximum atomic E-state index is 5.56. The van der Waals surface area contributed by atoms with Gasteiger partial charge >= 0.3 is 0 Å². The van der Waals surface area contributed by atoms with Gasteiger partial charge in [0.05, 0.1) is 6.61 Å². The maximum Gasteiger partial charge on any atom is 0.184 e. The quantitative estimate of drug-likeness (QED) is 0.404. The van der Waals surface area contributed by atoms with Crippen LogP contribution in [0.2, 0.25) is 19.6 Å². The summed E-state index contributed by atoms with van der Waals surface area (Å²) < 4.78 is 5.56. The Bertz CT molecular complexity index is 107. The number of rotatable bonds is 4. The molecule has 0 aromatic heterocycles. The van der Waals surface area contributed by atoms with E-state index in [9.17, 15) is 0 Å². The SMILES string of the molecule is C[Si](C)(C)OCC=CCBr. The van der Waals surface area contributed by atoms with Crippen LogP contribution in [0, 0.1) is 0 Å². The predicted octanol–water partition coefficient (Wildman–Crippen LogP) is 2.79. The fourth-order valence-electron chi connectivity index (χ4n) is 0.429. The van der Waals surface area contributed by atoms with E-state index >= 15 is 0 Å². The van der Waals surface area contributed by atoms with E-state index in [1.807, 2.05) is 6.08 Å². The van der Waals surface area contributed by atoms with E-state index in [4.69, 9.17) is 4.43 Å². The van der Waals surface area contributed by atoms with Crippen molar-refractivity contribution in [3.63, 3.8) is 0 Å². The molecule has 0 atom stereocenters. The van der Waals surface area contributed by atoms with Gasteiger partial charge in [-0.2, -0.15) is 0 Å². The summed E-state index contributed by atoms with van der Waals surface area (Å²) in [4.78, 5) is 0. The van der Waals surface area contributed by atoms with Crippen molar-refractivity contribution in [2.45, 2.75) is 19.6 Å². The van der Waals surface area contributed by atoms with Crippen molar-refractivity contribution in [2.75, 3.05) is 11.9 Å². The fraction of sp³-hybridized carbons (Fsp3) is 0.714. The van der Waals surface area contributed by atoms with Crippen LogP contribution >= 0.6 is 15.9 Å². The van der Waals surface area contributed by atoms with Crippen molar-refractivity contribution in [1.29, 1.82) is 0 Å². The number of hydrogen-bond donors (Lipinski definition) is 0. The number of alkyl halides is 1. The van der Waals surface area contributed by atoms with E-state index in [-0.39, 0.29) is 0 Å². The molecule has 0 rings (SSSR count). The average molecular weight is 223 g/mol. The minimum atomic E-state index is -1.27. The van der Waals surface area contributed by atoms with Gasteiger partial charge in [-0.1, -0.05) is 28.1 Å². The molecule has 0 fully saturated rings. The molecular formula is C7H15BrOSi. The molecule has 0 amide bonds. The van der Waals surface area contributed by atoms with Gasteiger partial charge in [-0.05, 0) is 19.6 Å². The third-order valence-corrected chi connectivity index (χ3v) is 2.27. The average Bonchev–Trinajstić information content (AvgIpc) is 1.78. The van der Waals surface area contributed by atoms with Gasteiger partial charge in [0.2, 0.25) is 0 Å². The van der Waals surface area contributed by atoms with Crippen LogP contribution in [-0.2, 0) is 4.43 Å². The lowest BCUT2D eigenvalue weighted by atomic mass is 10.6. The van der Waals surface area contributed by atoms with Crippen LogP contribution < -0.4 is 0 Å². The maximum absolute atomic E-state index is 5.56. The van der Waals surface area contributed by atoms with E-state index in [0.29, 0.717) is 0 Å². The van der Waals surface area contributed by atoms with Crippen molar-refractivity contribution in [3.8, 4) is 0 Å². The van der Waals surface area contributed by atoms with Gasteiger partial charge in [-0.25, -0.2) is 0 Å².